The van der Waals surface area contributed by atoms with Crippen LogP contribution in [0.4, 0.5) is 0 Å². The second-order valence-electron chi connectivity index (χ2n) is 4.66. The molecule has 0 bridgehead atoms. The van der Waals surface area contributed by atoms with Crippen molar-refractivity contribution in [1.29, 1.82) is 0 Å². The molecule has 0 heterocycles. The molecule has 1 amide bonds. The van der Waals surface area contributed by atoms with Crippen LogP contribution in [0, 0.1) is 0 Å². The van der Waals surface area contributed by atoms with E-state index < -0.39 is 5.91 Å². The van der Waals surface area contributed by atoms with Crippen LogP contribution in [0.1, 0.15) is 36.0 Å². The average molecular weight is 313 g/mol. The lowest BCUT2D eigenvalue weighted by Crippen LogP contribution is -2.32. The van der Waals surface area contributed by atoms with E-state index in [0.29, 0.717) is 11.3 Å². The molecule has 0 unspecified atom stereocenters. The maximum absolute atomic E-state index is 11.3. The number of amides is 1. The molecule has 4 N–H and O–H groups in total. The van der Waals surface area contributed by atoms with E-state index in [2.05, 4.69) is 15.9 Å². The summed E-state index contributed by atoms with van der Waals surface area (Å²) < 4.78 is 6.76. The van der Waals surface area contributed by atoms with E-state index in [1.54, 1.807) is 18.2 Å². The summed E-state index contributed by atoms with van der Waals surface area (Å²) in [5.74, 6) is 0.0855. The van der Waals surface area contributed by atoms with E-state index in [9.17, 15) is 4.79 Å². The number of hydrogen-bond acceptors (Lipinski definition) is 3. The fraction of sp³-hybridized carbons (Fsp3) is 0.462. The Bertz CT molecular complexity index is 443. The van der Waals surface area contributed by atoms with E-state index in [1.807, 2.05) is 0 Å². The lowest BCUT2D eigenvalue weighted by molar-refractivity contribution is 0.0986. The minimum atomic E-state index is -0.468. The monoisotopic (exact) mass is 312 g/mol. The predicted molar refractivity (Wildman–Crippen MR) is 73.5 cm³/mol. The molecule has 0 spiro atoms. The number of ether oxygens (including phenoxy) is 1. The van der Waals surface area contributed by atoms with Crippen LogP contribution in [-0.4, -0.2) is 18.1 Å². The maximum Gasteiger partial charge on any atom is 0.252 e. The highest BCUT2D eigenvalue weighted by atomic mass is 79.9. The zero-order valence-corrected chi connectivity index (χ0v) is 11.7. The van der Waals surface area contributed by atoms with Gasteiger partial charge in [-0.3, -0.25) is 4.79 Å². The van der Waals surface area contributed by atoms with Gasteiger partial charge in [0.2, 0.25) is 0 Å². The Morgan fingerprint density at radius 1 is 1.28 bits per heavy atom. The van der Waals surface area contributed by atoms with Crippen molar-refractivity contribution in [2.75, 3.05) is 0 Å². The van der Waals surface area contributed by atoms with Gasteiger partial charge in [-0.15, -0.1) is 0 Å². The van der Waals surface area contributed by atoms with Crippen molar-refractivity contribution >= 4 is 21.8 Å². The average Bonchev–Trinajstić information content (AvgIpc) is 2.32. The molecule has 1 saturated carbocycles. The Morgan fingerprint density at radius 2 is 1.94 bits per heavy atom. The third-order valence-electron chi connectivity index (χ3n) is 3.22. The third-order valence-corrected chi connectivity index (χ3v) is 3.71. The van der Waals surface area contributed by atoms with Crippen LogP contribution in [0.5, 0.6) is 5.75 Å². The van der Waals surface area contributed by atoms with Crippen molar-refractivity contribution in [1.82, 2.24) is 0 Å². The zero-order valence-electron chi connectivity index (χ0n) is 10.1. The third kappa shape index (κ3) is 3.23. The molecule has 0 aromatic heterocycles. The smallest absolute Gasteiger partial charge is 0.252 e. The number of rotatable bonds is 3. The number of primary amides is 1. The number of hydrogen-bond donors (Lipinski definition) is 2. The first-order chi connectivity index (χ1) is 8.56. The molecule has 18 heavy (non-hydrogen) atoms. The fourth-order valence-corrected chi connectivity index (χ4v) is 2.52. The Balaban J connectivity index is 2.12. The zero-order chi connectivity index (χ0) is 13.1. The molecule has 0 atom stereocenters. The van der Waals surface area contributed by atoms with Crippen LogP contribution >= 0.6 is 15.9 Å². The van der Waals surface area contributed by atoms with Crippen LogP contribution in [0.25, 0.3) is 0 Å². The van der Waals surface area contributed by atoms with Crippen molar-refractivity contribution in [3.8, 4) is 5.75 Å². The molecule has 2 rings (SSSR count). The van der Waals surface area contributed by atoms with Crippen molar-refractivity contribution in [2.24, 2.45) is 11.5 Å². The summed E-state index contributed by atoms with van der Waals surface area (Å²) in [6.45, 7) is 0. The molecule has 1 fully saturated rings. The van der Waals surface area contributed by atoms with Crippen LogP contribution in [0.15, 0.2) is 22.7 Å². The van der Waals surface area contributed by atoms with Crippen LogP contribution < -0.4 is 16.2 Å². The van der Waals surface area contributed by atoms with Gasteiger partial charge in [0.25, 0.3) is 5.91 Å². The molecule has 1 aliphatic carbocycles. The molecule has 4 nitrogen and oxygen atoms in total. The van der Waals surface area contributed by atoms with Crippen molar-refractivity contribution in [3.63, 3.8) is 0 Å². The molecule has 1 aromatic carbocycles. The highest BCUT2D eigenvalue weighted by molar-refractivity contribution is 9.10. The van der Waals surface area contributed by atoms with Gasteiger partial charge >= 0.3 is 0 Å². The summed E-state index contributed by atoms with van der Waals surface area (Å²) in [5, 5.41) is 0. The van der Waals surface area contributed by atoms with Crippen LogP contribution in [0.2, 0.25) is 0 Å². The number of nitrogens with two attached hydrogens (primary N) is 2. The SMILES string of the molecule is NC(=O)c1ccc(Br)cc1OC1CCC(N)CC1. The minimum Gasteiger partial charge on any atom is -0.490 e. The van der Waals surface area contributed by atoms with Gasteiger partial charge in [0, 0.05) is 10.5 Å². The van der Waals surface area contributed by atoms with Gasteiger partial charge < -0.3 is 16.2 Å². The first-order valence-corrected chi connectivity index (χ1v) is 6.87. The summed E-state index contributed by atoms with van der Waals surface area (Å²) in [6.07, 6.45) is 3.89. The van der Waals surface area contributed by atoms with Gasteiger partial charge in [-0.1, -0.05) is 15.9 Å². The number of carbonyl (C=O) groups is 1. The van der Waals surface area contributed by atoms with Gasteiger partial charge in [0.1, 0.15) is 5.75 Å². The van der Waals surface area contributed by atoms with Gasteiger partial charge in [-0.2, -0.15) is 0 Å². The lowest BCUT2D eigenvalue weighted by atomic mass is 9.93. The first-order valence-electron chi connectivity index (χ1n) is 6.08. The second-order valence-corrected chi connectivity index (χ2v) is 5.58. The van der Waals surface area contributed by atoms with Gasteiger partial charge in [0.05, 0.1) is 11.7 Å². The van der Waals surface area contributed by atoms with E-state index in [4.69, 9.17) is 16.2 Å². The van der Waals surface area contributed by atoms with Crippen molar-refractivity contribution < 1.29 is 9.53 Å². The summed E-state index contributed by atoms with van der Waals surface area (Å²) in [5.41, 5.74) is 11.6. The number of carbonyl (C=O) groups excluding carboxylic acids is 1. The second kappa shape index (κ2) is 5.71. The molecule has 98 valence electrons. The normalized spacial score (nSPS) is 23.7. The number of halogens is 1. The Morgan fingerprint density at radius 3 is 2.56 bits per heavy atom. The Hall–Kier alpha value is -1.07. The molecular weight excluding hydrogens is 296 g/mol. The molecule has 5 heteroatoms. The van der Waals surface area contributed by atoms with E-state index in [-0.39, 0.29) is 12.1 Å². The largest absolute Gasteiger partial charge is 0.490 e. The maximum atomic E-state index is 11.3. The lowest BCUT2D eigenvalue weighted by Gasteiger charge is -2.27. The quantitative estimate of drug-likeness (QED) is 0.898. The topological polar surface area (TPSA) is 78.3 Å². The molecule has 0 radical (unpaired) electrons. The summed E-state index contributed by atoms with van der Waals surface area (Å²) in [6, 6.07) is 5.53. The van der Waals surface area contributed by atoms with Gasteiger partial charge in [-0.05, 0) is 43.9 Å². The standard InChI is InChI=1S/C13H17BrN2O2/c14-8-1-6-11(13(16)17)12(7-8)18-10-4-2-9(15)3-5-10/h1,6-7,9-10H,2-5,15H2,(H2,16,17). The van der Waals surface area contributed by atoms with Crippen LogP contribution in [-0.2, 0) is 0 Å². The summed E-state index contributed by atoms with van der Waals surface area (Å²) in [4.78, 5) is 11.3. The van der Waals surface area contributed by atoms with Crippen LogP contribution in [0.3, 0.4) is 0 Å². The summed E-state index contributed by atoms with van der Waals surface area (Å²) >= 11 is 3.37. The highest BCUT2D eigenvalue weighted by Crippen LogP contribution is 2.28. The minimum absolute atomic E-state index is 0.122. The highest BCUT2D eigenvalue weighted by Gasteiger charge is 2.21. The Labute approximate surface area is 115 Å². The van der Waals surface area contributed by atoms with Gasteiger partial charge in [0.15, 0.2) is 0 Å². The molecule has 0 aliphatic heterocycles. The van der Waals surface area contributed by atoms with E-state index >= 15 is 0 Å². The number of benzene rings is 1. The fourth-order valence-electron chi connectivity index (χ4n) is 2.18. The molecule has 1 aromatic rings. The van der Waals surface area contributed by atoms with Crippen molar-refractivity contribution in [3.05, 3.63) is 28.2 Å². The van der Waals surface area contributed by atoms with Crippen molar-refractivity contribution in [2.45, 2.75) is 37.8 Å². The first kappa shape index (κ1) is 13.4. The molecular formula is C13H17BrN2O2. The van der Waals surface area contributed by atoms with Gasteiger partial charge in [-0.25, -0.2) is 0 Å². The summed E-state index contributed by atoms with van der Waals surface area (Å²) in [7, 11) is 0. The molecule has 0 saturated heterocycles. The van der Waals surface area contributed by atoms with E-state index in [1.165, 1.54) is 0 Å². The Kier molecular flexibility index (Phi) is 4.24. The predicted octanol–water partition coefficient (Wildman–Crippen LogP) is 2.20. The van der Waals surface area contributed by atoms with E-state index in [0.717, 1.165) is 30.2 Å². The molecule has 1 aliphatic rings.